The summed E-state index contributed by atoms with van der Waals surface area (Å²) in [5, 5.41) is 23.1. The van der Waals surface area contributed by atoms with Crippen LogP contribution < -0.4 is 0 Å². The fourth-order valence-corrected chi connectivity index (χ4v) is 2.49. The summed E-state index contributed by atoms with van der Waals surface area (Å²) in [6.45, 7) is 5.60. The van der Waals surface area contributed by atoms with Gasteiger partial charge >= 0.3 is 0 Å². The molecular formula is C13H18N4O3. The minimum Gasteiger partial charge on any atom is -0.411 e. The number of oxime groups is 1. The van der Waals surface area contributed by atoms with Crippen molar-refractivity contribution in [3.05, 3.63) is 33.1 Å². The highest BCUT2D eigenvalue weighted by Crippen LogP contribution is 2.25. The molecule has 0 bridgehead atoms. The van der Waals surface area contributed by atoms with Crippen LogP contribution in [0.1, 0.15) is 29.7 Å². The van der Waals surface area contributed by atoms with Crippen LogP contribution in [0, 0.1) is 24.0 Å². The highest BCUT2D eigenvalue weighted by Gasteiger charge is 2.21. The summed E-state index contributed by atoms with van der Waals surface area (Å²) in [7, 11) is 0. The van der Waals surface area contributed by atoms with E-state index in [9.17, 15) is 10.1 Å². The third-order valence-electron chi connectivity index (χ3n) is 3.71. The van der Waals surface area contributed by atoms with Gasteiger partial charge in [0.15, 0.2) is 0 Å². The molecule has 108 valence electrons. The smallest absolute Gasteiger partial charge is 0.278 e. The van der Waals surface area contributed by atoms with Crippen molar-refractivity contribution in [3.63, 3.8) is 0 Å². The Labute approximate surface area is 117 Å². The second kappa shape index (κ2) is 5.96. The first-order chi connectivity index (χ1) is 9.52. The molecule has 0 aliphatic carbocycles. The Morgan fingerprint density at radius 3 is 2.65 bits per heavy atom. The summed E-state index contributed by atoms with van der Waals surface area (Å²) >= 11 is 0. The normalized spacial score (nSPS) is 16.2. The molecule has 0 spiro atoms. The van der Waals surface area contributed by atoms with Crippen molar-refractivity contribution in [2.75, 3.05) is 13.1 Å². The van der Waals surface area contributed by atoms with Crippen molar-refractivity contribution in [1.82, 2.24) is 9.88 Å². The Bertz CT molecular complexity index is 547. The number of aromatic nitrogens is 1. The molecule has 2 heterocycles. The molecule has 7 heteroatoms. The van der Waals surface area contributed by atoms with E-state index in [1.807, 2.05) is 0 Å². The third-order valence-corrected chi connectivity index (χ3v) is 3.71. The Morgan fingerprint density at radius 1 is 1.45 bits per heavy atom. The average Bonchev–Trinajstić information content (AvgIpc) is 2.42. The van der Waals surface area contributed by atoms with Crippen LogP contribution in [0.4, 0.5) is 5.69 Å². The fraction of sp³-hybridized carbons (Fsp3) is 0.538. The van der Waals surface area contributed by atoms with Crippen LogP contribution in [-0.4, -0.2) is 38.8 Å². The van der Waals surface area contributed by atoms with E-state index in [0.29, 0.717) is 17.7 Å². The molecule has 0 saturated carbocycles. The zero-order valence-corrected chi connectivity index (χ0v) is 11.7. The summed E-state index contributed by atoms with van der Waals surface area (Å²) in [6.07, 6.45) is 3.01. The first-order valence-corrected chi connectivity index (χ1v) is 6.54. The summed E-state index contributed by atoms with van der Waals surface area (Å²) in [4.78, 5) is 17.2. The molecule has 1 N–H and O–H groups in total. The monoisotopic (exact) mass is 278 g/mol. The van der Waals surface area contributed by atoms with E-state index < -0.39 is 0 Å². The summed E-state index contributed by atoms with van der Waals surface area (Å²) < 4.78 is 0. The van der Waals surface area contributed by atoms with E-state index in [2.05, 4.69) is 15.0 Å². The molecule has 0 unspecified atom stereocenters. The second-order valence-corrected chi connectivity index (χ2v) is 5.06. The van der Waals surface area contributed by atoms with Crippen LogP contribution >= 0.6 is 0 Å². The number of hydrogen-bond donors (Lipinski definition) is 1. The number of nitrogens with zero attached hydrogens (tertiary/aromatic N) is 4. The van der Waals surface area contributed by atoms with Gasteiger partial charge in [-0.05, 0) is 13.8 Å². The molecule has 1 aliphatic rings. The van der Waals surface area contributed by atoms with Gasteiger partial charge in [0.2, 0.25) is 0 Å². The molecular weight excluding hydrogens is 260 g/mol. The Hall–Kier alpha value is -2.02. The molecule has 20 heavy (non-hydrogen) atoms. The zero-order valence-electron chi connectivity index (χ0n) is 11.7. The van der Waals surface area contributed by atoms with Gasteiger partial charge in [0, 0.05) is 49.8 Å². The van der Waals surface area contributed by atoms with Gasteiger partial charge in [-0.1, -0.05) is 5.16 Å². The van der Waals surface area contributed by atoms with E-state index in [-0.39, 0.29) is 10.6 Å². The second-order valence-electron chi connectivity index (χ2n) is 5.06. The number of aryl methyl sites for hydroxylation is 1. The summed E-state index contributed by atoms with van der Waals surface area (Å²) in [5.41, 5.74) is 2.93. The predicted octanol–water partition coefficient (Wildman–Crippen LogP) is 2.03. The van der Waals surface area contributed by atoms with Crippen molar-refractivity contribution >= 4 is 11.4 Å². The molecule has 1 aliphatic heterocycles. The Morgan fingerprint density at radius 2 is 2.10 bits per heavy atom. The highest BCUT2D eigenvalue weighted by atomic mass is 16.6. The number of piperidine rings is 1. The van der Waals surface area contributed by atoms with E-state index >= 15 is 0 Å². The lowest BCUT2D eigenvalue weighted by molar-refractivity contribution is -0.386. The van der Waals surface area contributed by atoms with Gasteiger partial charge in [-0.2, -0.15) is 0 Å². The topological polar surface area (TPSA) is 91.9 Å². The van der Waals surface area contributed by atoms with Crippen molar-refractivity contribution < 1.29 is 10.1 Å². The lowest BCUT2D eigenvalue weighted by atomic mass is 10.1. The van der Waals surface area contributed by atoms with Gasteiger partial charge in [0.05, 0.1) is 16.3 Å². The Balaban J connectivity index is 2.15. The minimum atomic E-state index is -0.345. The summed E-state index contributed by atoms with van der Waals surface area (Å²) in [6, 6.07) is 0. The lowest BCUT2D eigenvalue weighted by Crippen LogP contribution is -2.34. The number of nitro groups is 1. The number of likely N-dealkylation sites (tertiary alicyclic amines) is 1. The highest BCUT2D eigenvalue weighted by molar-refractivity contribution is 5.84. The van der Waals surface area contributed by atoms with Crippen LogP contribution in [0.5, 0.6) is 0 Å². The maximum absolute atomic E-state index is 11.1. The Kier molecular flexibility index (Phi) is 4.29. The predicted molar refractivity (Wildman–Crippen MR) is 74.1 cm³/mol. The maximum atomic E-state index is 11.1. The fourth-order valence-electron chi connectivity index (χ4n) is 2.49. The van der Waals surface area contributed by atoms with Crippen LogP contribution in [0.3, 0.4) is 0 Å². The lowest BCUT2D eigenvalue weighted by Gasteiger charge is -2.27. The van der Waals surface area contributed by atoms with Gasteiger partial charge in [-0.15, -0.1) is 0 Å². The SMILES string of the molecule is Cc1cnc(CN2CCC(=NO)CC2)c(C)c1[N+](=O)[O-]. The maximum Gasteiger partial charge on any atom is 0.278 e. The minimum absolute atomic E-state index is 0.157. The van der Waals surface area contributed by atoms with Crippen molar-refractivity contribution in [3.8, 4) is 0 Å². The number of hydrogen-bond acceptors (Lipinski definition) is 6. The van der Waals surface area contributed by atoms with Crippen LogP contribution in [0.25, 0.3) is 0 Å². The molecule has 2 rings (SSSR count). The first kappa shape index (κ1) is 14.4. The van der Waals surface area contributed by atoms with Gasteiger partial charge in [-0.3, -0.25) is 20.0 Å². The molecule has 0 aromatic carbocycles. The van der Waals surface area contributed by atoms with Gasteiger partial charge in [0.25, 0.3) is 5.69 Å². The van der Waals surface area contributed by atoms with Gasteiger partial charge in [-0.25, -0.2) is 0 Å². The molecule has 0 atom stereocenters. The molecule has 1 fully saturated rings. The zero-order chi connectivity index (χ0) is 14.7. The summed E-state index contributed by atoms with van der Waals surface area (Å²) in [5.74, 6) is 0. The number of rotatable bonds is 3. The third kappa shape index (κ3) is 2.93. The first-order valence-electron chi connectivity index (χ1n) is 6.54. The van der Waals surface area contributed by atoms with Crippen molar-refractivity contribution in [2.45, 2.75) is 33.2 Å². The molecule has 7 nitrogen and oxygen atoms in total. The van der Waals surface area contributed by atoms with Crippen molar-refractivity contribution in [1.29, 1.82) is 0 Å². The average molecular weight is 278 g/mol. The van der Waals surface area contributed by atoms with E-state index in [0.717, 1.165) is 37.3 Å². The molecule has 1 aromatic rings. The van der Waals surface area contributed by atoms with Crippen LogP contribution in [0.2, 0.25) is 0 Å². The van der Waals surface area contributed by atoms with Crippen LogP contribution in [0.15, 0.2) is 11.4 Å². The van der Waals surface area contributed by atoms with Crippen molar-refractivity contribution in [2.24, 2.45) is 5.16 Å². The van der Waals surface area contributed by atoms with Gasteiger partial charge < -0.3 is 5.21 Å². The largest absolute Gasteiger partial charge is 0.411 e. The quantitative estimate of drug-likeness (QED) is 0.519. The van der Waals surface area contributed by atoms with E-state index in [4.69, 9.17) is 5.21 Å². The molecule has 0 radical (unpaired) electrons. The van der Waals surface area contributed by atoms with Crippen LogP contribution in [-0.2, 0) is 6.54 Å². The molecule has 1 aromatic heterocycles. The molecule has 0 amide bonds. The van der Waals surface area contributed by atoms with E-state index in [1.54, 1.807) is 20.0 Å². The number of pyridine rings is 1. The van der Waals surface area contributed by atoms with E-state index in [1.165, 1.54) is 0 Å². The standard InChI is InChI=1S/C13H18N4O3/c1-9-7-14-12(10(2)13(9)17(19)20)8-16-5-3-11(15-18)4-6-16/h7,18H,3-6,8H2,1-2H3. The molecule has 1 saturated heterocycles. The van der Waals surface area contributed by atoms with Gasteiger partial charge in [0.1, 0.15) is 0 Å².